The van der Waals surface area contributed by atoms with Crippen LogP contribution in [0.15, 0.2) is 35.9 Å². The van der Waals surface area contributed by atoms with Gasteiger partial charge in [-0.3, -0.25) is 14.3 Å². The molecule has 0 saturated carbocycles. The van der Waals surface area contributed by atoms with Crippen LogP contribution in [0, 0.1) is 0 Å². The molecule has 0 amide bonds. The third-order valence-corrected chi connectivity index (χ3v) is 3.84. The minimum absolute atomic E-state index is 0.374. The molecule has 0 radical (unpaired) electrons. The van der Waals surface area contributed by atoms with Gasteiger partial charge in [-0.2, -0.15) is 0 Å². The molecule has 0 aromatic heterocycles. The maximum absolute atomic E-state index is 12.6. The van der Waals surface area contributed by atoms with Gasteiger partial charge in [0.1, 0.15) is 0 Å². The van der Waals surface area contributed by atoms with Crippen LogP contribution in [0.4, 0.5) is 0 Å². The number of rotatable bonds is 4. The van der Waals surface area contributed by atoms with Crippen molar-refractivity contribution in [2.45, 2.75) is 19.4 Å². The number of benzene rings is 1. The highest BCUT2D eigenvalue weighted by atomic mass is 35.5. The van der Waals surface area contributed by atoms with Crippen LogP contribution in [-0.2, 0) is 34.7 Å². The molecule has 1 aromatic carbocycles. The smallest absolute Gasteiger partial charge is 0.308 e. The van der Waals surface area contributed by atoms with Gasteiger partial charge in [-0.25, -0.2) is 8.42 Å². The van der Waals surface area contributed by atoms with E-state index in [1.807, 2.05) is 4.72 Å². The first-order chi connectivity index (χ1) is 10.5. The highest BCUT2D eigenvalue weighted by Gasteiger charge is 2.50. The molecule has 1 atom stereocenters. The third kappa shape index (κ3) is 3.65. The Bertz CT molecular complexity index is 816. The van der Waals surface area contributed by atoms with E-state index >= 15 is 0 Å². The number of nitrogens with one attached hydrogen (secondary N) is 1. The first kappa shape index (κ1) is 17.3. The highest BCUT2D eigenvalue weighted by Crippen LogP contribution is 2.39. The molecule has 2 rings (SSSR count). The highest BCUT2D eigenvalue weighted by molar-refractivity contribution is 7.88. The molecular formula is C14H14ClNO6S. The van der Waals surface area contributed by atoms with E-state index in [1.54, 1.807) is 18.2 Å². The van der Waals surface area contributed by atoms with E-state index in [1.165, 1.54) is 13.0 Å². The number of Topliss-reactive ketones (excluding diaryl/α,β-unsaturated/α-hetero) is 1. The number of hydrogen-bond donors (Lipinski definition) is 1. The lowest BCUT2D eigenvalue weighted by Gasteiger charge is -2.23. The van der Waals surface area contributed by atoms with Crippen LogP contribution in [0.2, 0.25) is 5.02 Å². The fraction of sp³-hybridized carbons (Fsp3) is 0.286. The zero-order valence-electron chi connectivity index (χ0n) is 12.5. The summed E-state index contributed by atoms with van der Waals surface area (Å²) in [6.07, 6.45) is 0.883. The van der Waals surface area contributed by atoms with Gasteiger partial charge in [0.2, 0.25) is 21.7 Å². The molecule has 0 spiro atoms. The average molecular weight is 360 g/mol. The molecule has 0 fully saturated rings. The number of ketones is 1. The predicted molar refractivity (Wildman–Crippen MR) is 81.7 cm³/mol. The molecule has 1 unspecified atom stereocenters. The van der Waals surface area contributed by atoms with Crippen LogP contribution in [0.25, 0.3) is 0 Å². The Morgan fingerprint density at radius 3 is 2.57 bits per heavy atom. The summed E-state index contributed by atoms with van der Waals surface area (Å²) in [5.74, 6) is -2.40. The monoisotopic (exact) mass is 359 g/mol. The van der Waals surface area contributed by atoms with Gasteiger partial charge >= 0.3 is 5.97 Å². The number of esters is 1. The van der Waals surface area contributed by atoms with Crippen molar-refractivity contribution in [3.63, 3.8) is 0 Å². The summed E-state index contributed by atoms with van der Waals surface area (Å²) in [5, 5.41) is 0.374. The summed E-state index contributed by atoms with van der Waals surface area (Å²) < 4.78 is 35.2. The first-order valence-corrected chi connectivity index (χ1v) is 8.70. The molecule has 1 aliphatic rings. The normalized spacial score (nSPS) is 21.1. The lowest BCUT2D eigenvalue weighted by Crippen LogP contribution is -2.32. The number of ether oxygens (including phenoxy) is 2. The molecule has 1 N–H and O–H groups in total. The number of halogens is 1. The summed E-state index contributed by atoms with van der Waals surface area (Å²) in [6, 6.07) is 6.34. The van der Waals surface area contributed by atoms with Gasteiger partial charge in [0.05, 0.1) is 6.26 Å². The van der Waals surface area contributed by atoms with Crippen LogP contribution in [0.5, 0.6) is 0 Å². The molecular weight excluding hydrogens is 346 g/mol. The molecule has 23 heavy (non-hydrogen) atoms. The van der Waals surface area contributed by atoms with Gasteiger partial charge in [0, 0.05) is 17.5 Å². The van der Waals surface area contributed by atoms with Crippen molar-refractivity contribution in [1.29, 1.82) is 0 Å². The Morgan fingerprint density at radius 1 is 1.39 bits per heavy atom. The zero-order chi connectivity index (χ0) is 17.4. The minimum atomic E-state index is -3.74. The van der Waals surface area contributed by atoms with Crippen molar-refractivity contribution in [2.24, 2.45) is 0 Å². The second-order valence-electron chi connectivity index (χ2n) is 5.10. The van der Waals surface area contributed by atoms with Crippen molar-refractivity contribution >= 4 is 33.4 Å². The number of hydrogen-bond acceptors (Lipinski definition) is 6. The summed E-state index contributed by atoms with van der Waals surface area (Å²) in [5.41, 5.74) is -1.17. The second kappa shape index (κ2) is 5.86. The van der Waals surface area contributed by atoms with Crippen molar-refractivity contribution < 1.29 is 27.5 Å². The van der Waals surface area contributed by atoms with Crippen molar-refractivity contribution in [3.05, 3.63) is 46.5 Å². The van der Waals surface area contributed by atoms with Gasteiger partial charge in [-0.05, 0) is 19.1 Å². The molecule has 0 saturated heterocycles. The average Bonchev–Trinajstić information content (AvgIpc) is 2.62. The Hall–Kier alpha value is -2.06. The maximum Gasteiger partial charge on any atom is 0.308 e. The first-order valence-electron chi connectivity index (χ1n) is 6.43. The Balaban J connectivity index is 2.49. The SMILES string of the molecule is CC(=O)OC1=C(NS(C)(=O)=O)OC(C)(c2cccc(Cl)c2)C1=O. The van der Waals surface area contributed by atoms with E-state index in [4.69, 9.17) is 21.1 Å². The number of carbonyl (C=O) groups is 2. The van der Waals surface area contributed by atoms with E-state index < -0.39 is 39.0 Å². The molecule has 124 valence electrons. The quantitative estimate of drug-likeness (QED) is 0.817. The molecule has 1 aromatic rings. The Labute approximate surface area is 138 Å². The van der Waals surface area contributed by atoms with Crippen LogP contribution in [0.1, 0.15) is 19.4 Å². The van der Waals surface area contributed by atoms with Gasteiger partial charge in [-0.15, -0.1) is 0 Å². The van der Waals surface area contributed by atoms with Crippen LogP contribution in [0.3, 0.4) is 0 Å². The zero-order valence-corrected chi connectivity index (χ0v) is 14.1. The largest absolute Gasteiger partial charge is 0.456 e. The van der Waals surface area contributed by atoms with Crippen LogP contribution < -0.4 is 4.72 Å². The standard InChI is InChI=1S/C14H14ClNO6S/c1-8(17)21-11-12(18)14(2,9-5-4-6-10(15)7-9)22-13(11)16-23(3,19)20/h4-7,16H,1-3H3. The minimum Gasteiger partial charge on any atom is -0.456 e. The van der Waals surface area contributed by atoms with E-state index in [2.05, 4.69) is 0 Å². The summed E-state index contributed by atoms with van der Waals surface area (Å²) in [7, 11) is -3.74. The summed E-state index contributed by atoms with van der Waals surface area (Å²) in [6.45, 7) is 2.52. The number of carbonyl (C=O) groups excluding carboxylic acids is 2. The second-order valence-corrected chi connectivity index (χ2v) is 7.29. The molecule has 0 bridgehead atoms. The topological polar surface area (TPSA) is 98.8 Å². The van der Waals surface area contributed by atoms with Gasteiger partial charge in [0.15, 0.2) is 5.60 Å². The summed E-state index contributed by atoms with van der Waals surface area (Å²) in [4.78, 5) is 23.8. The predicted octanol–water partition coefficient (Wildman–Crippen LogP) is 1.44. The fourth-order valence-electron chi connectivity index (χ4n) is 2.06. The Kier molecular flexibility index (Phi) is 4.41. The van der Waals surface area contributed by atoms with E-state index in [9.17, 15) is 18.0 Å². The third-order valence-electron chi connectivity index (χ3n) is 3.05. The van der Waals surface area contributed by atoms with E-state index in [0.717, 1.165) is 13.2 Å². The summed E-state index contributed by atoms with van der Waals surface area (Å²) >= 11 is 5.92. The van der Waals surface area contributed by atoms with Gasteiger partial charge in [0.25, 0.3) is 5.78 Å². The molecule has 0 aliphatic carbocycles. The van der Waals surface area contributed by atoms with E-state index in [0.29, 0.717) is 10.6 Å². The van der Waals surface area contributed by atoms with E-state index in [-0.39, 0.29) is 0 Å². The van der Waals surface area contributed by atoms with Crippen LogP contribution in [-0.4, -0.2) is 26.4 Å². The van der Waals surface area contributed by atoms with Gasteiger partial charge < -0.3 is 9.47 Å². The van der Waals surface area contributed by atoms with Crippen molar-refractivity contribution in [2.75, 3.05) is 6.26 Å². The molecule has 9 heteroatoms. The Morgan fingerprint density at radius 2 is 2.04 bits per heavy atom. The maximum atomic E-state index is 12.6. The lowest BCUT2D eigenvalue weighted by molar-refractivity contribution is -0.142. The van der Waals surface area contributed by atoms with Gasteiger partial charge in [-0.1, -0.05) is 23.7 Å². The fourth-order valence-corrected chi connectivity index (χ4v) is 2.73. The van der Waals surface area contributed by atoms with Crippen LogP contribution >= 0.6 is 11.6 Å². The molecule has 7 nitrogen and oxygen atoms in total. The lowest BCUT2D eigenvalue weighted by atomic mass is 9.92. The van der Waals surface area contributed by atoms with Crippen molar-refractivity contribution in [1.82, 2.24) is 4.72 Å². The van der Waals surface area contributed by atoms with Crippen molar-refractivity contribution in [3.8, 4) is 0 Å². The molecule has 1 heterocycles. The number of sulfonamides is 1. The molecule has 1 aliphatic heterocycles.